The monoisotopic (exact) mass is 455 g/mol. The molecule has 4 heterocycles. The highest BCUT2D eigenvalue weighted by Gasteiger charge is 2.21. The zero-order valence-corrected chi connectivity index (χ0v) is 18.5. The molecule has 0 unspecified atom stereocenters. The molecule has 5 rings (SSSR count). The number of hydrogen-bond donors (Lipinski definition) is 2. The van der Waals surface area contributed by atoms with E-state index in [0.717, 1.165) is 50.5 Å². The number of nitrogens with two attached hydrogens (primary N) is 1. The summed E-state index contributed by atoms with van der Waals surface area (Å²) in [6, 6.07) is 7.69. The second kappa shape index (κ2) is 8.93. The number of benzene rings is 1. The Morgan fingerprint density at radius 2 is 2.03 bits per heavy atom. The van der Waals surface area contributed by atoms with Gasteiger partial charge in [0.25, 0.3) is 5.91 Å². The molecule has 2 aliphatic heterocycles. The summed E-state index contributed by atoms with van der Waals surface area (Å²) < 4.78 is 7.00. The van der Waals surface area contributed by atoms with Crippen molar-refractivity contribution >= 4 is 40.3 Å². The maximum atomic E-state index is 13.0. The maximum absolute atomic E-state index is 13.0. The Hall–Kier alpha value is -2.88. The van der Waals surface area contributed by atoms with Gasteiger partial charge in [-0.3, -0.25) is 4.79 Å². The number of amides is 1. The number of aromatic nitrogens is 3. The van der Waals surface area contributed by atoms with Crippen LogP contribution in [0.15, 0.2) is 36.7 Å². The van der Waals surface area contributed by atoms with Crippen LogP contribution < -0.4 is 20.9 Å². The van der Waals surface area contributed by atoms with Crippen molar-refractivity contribution < 1.29 is 9.53 Å². The fourth-order valence-electron chi connectivity index (χ4n) is 4.23. The molecule has 0 aliphatic carbocycles. The number of hydrogen-bond acceptors (Lipinski definition) is 7. The van der Waals surface area contributed by atoms with Gasteiger partial charge >= 0.3 is 0 Å². The molecule has 0 radical (unpaired) electrons. The fourth-order valence-corrected chi connectivity index (χ4v) is 4.45. The van der Waals surface area contributed by atoms with E-state index in [1.165, 1.54) is 6.20 Å². The normalized spacial score (nSPS) is 19.4. The van der Waals surface area contributed by atoms with Crippen LogP contribution >= 0.6 is 11.6 Å². The van der Waals surface area contributed by atoms with Gasteiger partial charge in [0.1, 0.15) is 11.4 Å². The van der Waals surface area contributed by atoms with Gasteiger partial charge in [0.2, 0.25) is 0 Å². The van der Waals surface area contributed by atoms with Crippen molar-refractivity contribution in [3.8, 4) is 0 Å². The minimum Gasteiger partial charge on any atom is -0.378 e. The zero-order valence-electron chi connectivity index (χ0n) is 17.7. The van der Waals surface area contributed by atoms with Crippen molar-refractivity contribution in [2.24, 2.45) is 5.73 Å². The quantitative estimate of drug-likeness (QED) is 0.622. The third-order valence-electron chi connectivity index (χ3n) is 5.96. The van der Waals surface area contributed by atoms with Crippen molar-refractivity contribution in [2.45, 2.75) is 18.9 Å². The summed E-state index contributed by atoms with van der Waals surface area (Å²) in [6.45, 7) is 4.69. The zero-order chi connectivity index (χ0) is 22.1. The second-order valence-electron chi connectivity index (χ2n) is 8.18. The fraction of sp³-hybridized carbons (Fsp3) is 0.409. The van der Waals surface area contributed by atoms with Gasteiger partial charge in [0.15, 0.2) is 5.65 Å². The van der Waals surface area contributed by atoms with Crippen LogP contribution in [0.3, 0.4) is 0 Å². The Balaban J connectivity index is 1.36. The molecule has 2 aromatic heterocycles. The lowest BCUT2D eigenvalue weighted by Crippen LogP contribution is -2.43. The lowest BCUT2D eigenvalue weighted by atomic mass is 10.1. The highest BCUT2D eigenvalue weighted by molar-refractivity contribution is 6.34. The molecular formula is C22H26ClN7O2. The summed E-state index contributed by atoms with van der Waals surface area (Å²) in [5, 5.41) is 7.66. The molecule has 10 heteroatoms. The van der Waals surface area contributed by atoms with Gasteiger partial charge in [0.05, 0.1) is 30.1 Å². The number of rotatable bonds is 4. The molecule has 9 nitrogen and oxygen atoms in total. The number of morpholine rings is 1. The first-order valence-electron chi connectivity index (χ1n) is 10.9. The van der Waals surface area contributed by atoms with Gasteiger partial charge in [-0.1, -0.05) is 11.6 Å². The molecule has 2 fully saturated rings. The van der Waals surface area contributed by atoms with Gasteiger partial charge in [-0.25, -0.2) is 9.50 Å². The molecule has 1 amide bonds. The topological polar surface area (TPSA) is 101 Å². The molecule has 0 saturated carbocycles. The minimum absolute atomic E-state index is 0.136. The number of nitrogens with one attached hydrogen (secondary N) is 1. The van der Waals surface area contributed by atoms with Crippen molar-refractivity contribution in [1.82, 2.24) is 14.6 Å². The van der Waals surface area contributed by atoms with Gasteiger partial charge < -0.3 is 25.6 Å². The first-order valence-corrected chi connectivity index (χ1v) is 11.2. The SMILES string of the molecule is N[C@@H]1CCCN(c2ccn3ncc(C(=O)Nc4ccc(N5CCOCC5)cc4Cl)c3n2)C1. The summed E-state index contributed by atoms with van der Waals surface area (Å²) >= 11 is 6.49. The smallest absolute Gasteiger partial charge is 0.261 e. The number of ether oxygens (including phenoxy) is 1. The molecule has 1 atom stereocenters. The van der Waals surface area contributed by atoms with E-state index >= 15 is 0 Å². The third-order valence-corrected chi connectivity index (χ3v) is 6.27. The van der Waals surface area contributed by atoms with E-state index in [1.54, 1.807) is 4.52 Å². The Bertz CT molecular complexity index is 1130. The summed E-state index contributed by atoms with van der Waals surface area (Å²) in [7, 11) is 0. The van der Waals surface area contributed by atoms with Crippen molar-refractivity contribution in [3.63, 3.8) is 0 Å². The highest BCUT2D eigenvalue weighted by Crippen LogP contribution is 2.29. The number of anilines is 3. The molecule has 1 aromatic carbocycles. The van der Waals surface area contributed by atoms with Gasteiger partial charge in [0, 0.05) is 44.1 Å². The van der Waals surface area contributed by atoms with E-state index < -0.39 is 0 Å². The van der Waals surface area contributed by atoms with E-state index in [1.807, 2.05) is 30.5 Å². The van der Waals surface area contributed by atoms with Gasteiger partial charge in [-0.2, -0.15) is 5.10 Å². The number of carbonyl (C=O) groups excluding carboxylic acids is 1. The average molecular weight is 456 g/mol. The summed E-state index contributed by atoms with van der Waals surface area (Å²) in [5.74, 6) is 0.496. The Kier molecular flexibility index (Phi) is 5.86. The molecule has 168 valence electrons. The van der Waals surface area contributed by atoms with E-state index in [9.17, 15) is 4.79 Å². The van der Waals surface area contributed by atoms with Crippen LogP contribution in [0.25, 0.3) is 5.65 Å². The molecule has 2 saturated heterocycles. The summed E-state index contributed by atoms with van der Waals surface area (Å²) in [6.07, 6.45) is 5.39. The summed E-state index contributed by atoms with van der Waals surface area (Å²) in [4.78, 5) is 22.1. The maximum Gasteiger partial charge on any atom is 0.261 e. The van der Waals surface area contributed by atoms with Crippen LogP contribution in [0.2, 0.25) is 5.02 Å². The van der Waals surface area contributed by atoms with Crippen LogP contribution in [0.4, 0.5) is 17.2 Å². The standard InChI is InChI=1S/C22H26ClN7O2/c23-18-12-16(28-8-10-32-11-9-28)3-4-19(18)26-22(31)17-13-25-30-7-5-20(27-21(17)30)29-6-1-2-15(24)14-29/h3-5,7,12-13,15H,1-2,6,8-11,14,24H2,(H,26,31)/t15-/m1/s1. The summed E-state index contributed by atoms with van der Waals surface area (Å²) in [5.41, 5.74) is 8.57. The number of halogens is 1. The largest absolute Gasteiger partial charge is 0.378 e. The number of piperidine rings is 1. The molecule has 0 spiro atoms. The van der Waals surface area contributed by atoms with Crippen molar-refractivity contribution in [3.05, 3.63) is 47.2 Å². The lowest BCUT2D eigenvalue weighted by Gasteiger charge is -2.31. The molecule has 0 bridgehead atoms. The number of carbonyl (C=O) groups is 1. The average Bonchev–Trinajstić information content (AvgIpc) is 3.24. The molecule has 3 N–H and O–H groups in total. The van der Waals surface area contributed by atoms with Gasteiger partial charge in [-0.05, 0) is 37.1 Å². The molecule has 2 aliphatic rings. The Morgan fingerprint density at radius 3 is 2.81 bits per heavy atom. The van der Waals surface area contributed by atoms with Crippen molar-refractivity contribution in [2.75, 3.05) is 54.5 Å². The van der Waals surface area contributed by atoms with Crippen LogP contribution in [0.1, 0.15) is 23.2 Å². The second-order valence-corrected chi connectivity index (χ2v) is 8.59. The van der Waals surface area contributed by atoms with E-state index in [4.69, 9.17) is 27.1 Å². The third kappa shape index (κ3) is 4.23. The van der Waals surface area contributed by atoms with Crippen molar-refractivity contribution in [1.29, 1.82) is 0 Å². The number of fused-ring (bicyclic) bond motifs is 1. The first-order chi connectivity index (χ1) is 15.6. The predicted molar refractivity (Wildman–Crippen MR) is 125 cm³/mol. The Morgan fingerprint density at radius 1 is 1.19 bits per heavy atom. The van der Waals surface area contributed by atoms with E-state index in [0.29, 0.717) is 35.1 Å². The molecular weight excluding hydrogens is 430 g/mol. The Labute approximate surface area is 191 Å². The number of nitrogens with zero attached hydrogens (tertiary/aromatic N) is 5. The molecule has 3 aromatic rings. The minimum atomic E-state index is -0.305. The van der Waals surface area contributed by atoms with Crippen LogP contribution in [0.5, 0.6) is 0 Å². The van der Waals surface area contributed by atoms with E-state index in [2.05, 4.69) is 20.2 Å². The molecule has 32 heavy (non-hydrogen) atoms. The predicted octanol–water partition coefficient (Wildman–Crippen LogP) is 2.40. The van der Waals surface area contributed by atoms with Crippen LogP contribution in [-0.4, -0.2) is 65.9 Å². The highest BCUT2D eigenvalue weighted by atomic mass is 35.5. The first kappa shape index (κ1) is 21.0. The van der Waals surface area contributed by atoms with Gasteiger partial charge in [-0.15, -0.1) is 0 Å². The lowest BCUT2D eigenvalue weighted by molar-refractivity contribution is 0.102. The van der Waals surface area contributed by atoms with Crippen LogP contribution in [-0.2, 0) is 4.74 Å². The van der Waals surface area contributed by atoms with E-state index in [-0.39, 0.29) is 11.9 Å². The van der Waals surface area contributed by atoms with Crippen LogP contribution in [0, 0.1) is 0 Å².